The zero-order valence-corrected chi connectivity index (χ0v) is 16.3. The van der Waals surface area contributed by atoms with Crippen LogP contribution in [0.15, 0.2) is 24.7 Å². The third kappa shape index (κ3) is 3.94. The first-order chi connectivity index (χ1) is 12.4. The van der Waals surface area contributed by atoms with Gasteiger partial charge < -0.3 is 4.90 Å². The second-order valence-corrected chi connectivity index (χ2v) is 8.10. The summed E-state index contributed by atoms with van der Waals surface area (Å²) in [7, 11) is 0. The fourth-order valence-corrected chi connectivity index (χ4v) is 3.68. The highest BCUT2D eigenvalue weighted by molar-refractivity contribution is 5.81. The first kappa shape index (κ1) is 18.5. The summed E-state index contributed by atoms with van der Waals surface area (Å²) in [5.41, 5.74) is 2.59. The maximum absolute atomic E-state index is 12.6. The van der Waals surface area contributed by atoms with Gasteiger partial charge in [-0.3, -0.25) is 19.4 Å². The molecule has 0 N–H and O–H groups in total. The Bertz CT molecular complexity index is 762. The molecule has 0 unspecified atom stereocenters. The van der Waals surface area contributed by atoms with Crippen LogP contribution in [0.2, 0.25) is 0 Å². The predicted molar refractivity (Wildman–Crippen MR) is 101 cm³/mol. The number of hydrogen-bond acceptors (Lipinski definition) is 4. The molecule has 3 rings (SSSR count). The van der Waals surface area contributed by atoms with Crippen LogP contribution in [-0.2, 0) is 17.8 Å². The lowest BCUT2D eigenvalue weighted by Crippen LogP contribution is -2.45. The van der Waals surface area contributed by atoms with Gasteiger partial charge in [-0.15, -0.1) is 0 Å². The monoisotopic (exact) mass is 355 g/mol. The molecule has 1 fully saturated rings. The van der Waals surface area contributed by atoms with Gasteiger partial charge in [-0.05, 0) is 38.2 Å². The second kappa shape index (κ2) is 7.56. The van der Waals surface area contributed by atoms with Gasteiger partial charge in [0.2, 0.25) is 5.91 Å². The molecule has 6 heteroatoms. The topological polar surface area (TPSA) is 63.9 Å². The molecule has 0 radical (unpaired) electrons. The molecule has 6 nitrogen and oxygen atoms in total. The highest BCUT2D eigenvalue weighted by Gasteiger charge is 2.31. The molecule has 140 valence electrons. The summed E-state index contributed by atoms with van der Waals surface area (Å²) < 4.78 is 1.95. The SMILES string of the molecule is CCn1nccc1-c1nccnc1C[C@H]1CCCN(C(=O)C(C)(C)C)C1. The first-order valence-corrected chi connectivity index (χ1v) is 9.51. The molecule has 0 spiro atoms. The number of piperidine rings is 1. The van der Waals surface area contributed by atoms with Gasteiger partial charge in [-0.2, -0.15) is 5.10 Å². The van der Waals surface area contributed by atoms with Crippen LogP contribution in [0.4, 0.5) is 0 Å². The maximum Gasteiger partial charge on any atom is 0.227 e. The summed E-state index contributed by atoms with van der Waals surface area (Å²) in [6.07, 6.45) is 8.31. The Morgan fingerprint density at radius 2 is 2.00 bits per heavy atom. The lowest BCUT2D eigenvalue weighted by atomic mass is 9.89. The normalized spacial score (nSPS) is 18.2. The minimum Gasteiger partial charge on any atom is -0.342 e. The Labute approximate surface area is 155 Å². The maximum atomic E-state index is 12.6. The second-order valence-electron chi connectivity index (χ2n) is 8.10. The highest BCUT2D eigenvalue weighted by atomic mass is 16.2. The van der Waals surface area contributed by atoms with Gasteiger partial charge in [-0.1, -0.05) is 20.8 Å². The standard InChI is InChI=1S/C20H29N5O/c1-5-25-17(8-9-23-25)18-16(21-10-11-22-18)13-15-7-6-12-24(14-15)19(26)20(2,3)4/h8-11,15H,5-7,12-14H2,1-4H3/t15-/m1/s1. The van der Waals surface area contributed by atoms with Gasteiger partial charge in [0, 0.05) is 43.6 Å². The quantitative estimate of drug-likeness (QED) is 0.845. The van der Waals surface area contributed by atoms with E-state index in [2.05, 4.69) is 22.0 Å². The summed E-state index contributed by atoms with van der Waals surface area (Å²) in [6.45, 7) is 10.5. The third-order valence-electron chi connectivity index (χ3n) is 4.96. The van der Waals surface area contributed by atoms with E-state index in [1.807, 2.05) is 42.6 Å². The van der Waals surface area contributed by atoms with Crippen molar-refractivity contribution in [2.45, 2.75) is 53.5 Å². The molecule has 0 aliphatic carbocycles. The van der Waals surface area contributed by atoms with Crippen LogP contribution in [0.25, 0.3) is 11.4 Å². The van der Waals surface area contributed by atoms with Crippen LogP contribution in [0.5, 0.6) is 0 Å². The minimum atomic E-state index is -0.326. The molecule has 0 saturated carbocycles. The van der Waals surface area contributed by atoms with Crippen LogP contribution in [0, 0.1) is 11.3 Å². The summed E-state index contributed by atoms with van der Waals surface area (Å²) in [5.74, 6) is 0.661. The Morgan fingerprint density at radius 3 is 2.73 bits per heavy atom. The Hall–Kier alpha value is -2.24. The van der Waals surface area contributed by atoms with E-state index < -0.39 is 0 Å². The summed E-state index contributed by atoms with van der Waals surface area (Å²) in [4.78, 5) is 23.9. The Kier molecular flexibility index (Phi) is 5.39. The first-order valence-electron chi connectivity index (χ1n) is 9.51. The van der Waals surface area contributed by atoms with Crippen molar-refractivity contribution in [2.24, 2.45) is 11.3 Å². The molecule has 3 heterocycles. The van der Waals surface area contributed by atoms with Crippen LogP contribution < -0.4 is 0 Å². The number of nitrogens with zero attached hydrogens (tertiary/aromatic N) is 5. The van der Waals surface area contributed by atoms with Crippen molar-refractivity contribution in [3.63, 3.8) is 0 Å². The summed E-state index contributed by atoms with van der Waals surface area (Å²) >= 11 is 0. The number of hydrogen-bond donors (Lipinski definition) is 0. The fraction of sp³-hybridized carbons (Fsp3) is 0.600. The zero-order chi connectivity index (χ0) is 18.7. The molecule has 26 heavy (non-hydrogen) atoms. The van der Waals surface area contributed by atoms with Gasteiger partial charge >= 0.3 is 0 Å². The average Bonchev–Trinajstić information content (AvgIpc) is 3.09. The van der Waals surface area contributed by atoms with Crippen LogP contribution in [0.3, 0.4) is 0 Å². The van der Waals surface area contributed by atoms with Gasteiger partial charge in [0.05, 0.1) is 11.4 Å². The number of carbonyl (C=O) groups excluding carboxylic acids is 1. The molecule has 2 aromatic rings. The molecule has 0 aromatic carbocycles. The lowest BCUT2D eigenvalue weighted by Gasteiger charge is -2.36. The third-order valence-corrected chi connectivity index (χ3v) is 4.96. The minimum absolute atomic E-state index is 0.241. The van der Waals surface area contributed by atoms with E-state index in [0.717, 1.165) is 56.0 Å². The number of aromatic nitrogens is 4. The van der Waals surface area contributed by atoms with Crippen molar-refractivity contribution in [3.05, 3.63) is 30.4 Å². The van der Waals surface area contributed by atoms with Crippen molar-refractivity contribution in [3.8, 4) is 11.4 Å². The molecule has 1 amide bonds. The number of likely N-dealkylation sites (tertiary alicyclic amines) is 1. The molecule has 1 aliphatic heterocycles. The van der Waals surface area contributed by atoms with Crippen molar-refractivity contribution in [2.75, 3.05) is 13.1 Å². The largest absolute Gasteiger partial charge is 0.342 e. The van der Waals surface area contributed by atoms with Crippen LogP contribution >= 0.6 is 0 Å². The molecule has 0 bridgehead atoms. The van der Waals surface area contributed by atoms with Gasteiger partial charge in [0.1, 0.15) is 5.69 Å². The van der Waals surface area contributed by atoms with Crippen LogP contribution in [0.1, 0.15) is 46.2 Å². The van der Waals surface area contributed by atoms with Crippen molar-refractivity contribution in [1.82, 2.24) is 24.6 Å². The van der Waals surface area contributed by atoms with E-state index in [1.165, 1.54) is 0 Å². The smallest absolute Gasteiger partial charge is 0.227 e. The van der Waals surface area contributed by atoms with Crippen molar-refractivity contribution in [1.29, 1.82) is 0 Å². The fourth-order valence-electron chi connectivity index (χ4n) is 3.68. The lowest BCUT2D eigenvalue weighted by molar-refractivity contribution is -0.141. The number of carbonyl (C=O) groups is 1. The summed E-state index contributed by atoms with van der Waals surface area (Å²) in [5, 5.41) is 4.36. The van der Waals surface area contributed by atoms with E-state index in [-0.39, 0.29) is 11.3 Å². The van der Waals surface area contributed by atoms with Crippen molar-refractivity contribution >= 4 is 5.91 Å². The predicted octanol–water partition coefficient (Wildman–Crippen LogP) is 3.19. The highest BCUT2D eigenvalue weighted by Crippen LogP contribution is 2.28. The van der Waals surface area contributed by atoms with E-state index in [4.69, 9.17) is 0 Å². The molecule has 2 aromatic heterocycles. The van der Waals surface area contributed by atoms with Gasteiger partial charge in [0.25, 0.3) is 0 Å². The Balaban J connectivity index is 1.78. The van der Waals surface area contributed by atoms with E-state index >= 15 is 0 Å². The van der Waals surface area contributed by atoms with E-state index in [9.17, 15) is 4.79 Å². The summed E-state index contributed by atoms with van der Waals surface area (Å²) in [6, 6.07) is 1.99. The van der Waals surface area contributed by atoms with E-state index in [1.54, 1.807) is 12.4 Å². The number of rotatable bonds is 4. The van der Waals surface area contributed by atoms with Crippen molar-refractivity contribution < 1.29 is 4.79 Å². The molecule has 1 saturated heterocycles. The number of aryl methyl sites for hydroxylation is 1. The zero-order valence-electron chi connectivity index (χ0n) is 16.3. The molecular formula is C20H29N5O. The number of amides is 1. The van der Waals surface area contributed by atoms with Gasteiger partial charge in [0.15, 0.2) is 0 Å². The molecule has 1 aliphatic rings. The average molecular weight is 355 g/mol. The van der Waals surface area contributed by atoms with E-state index in [0.29, 0.717) is 5.92 Å². The van der Waals surface area contributed by atoms with Gasteiger partial charge in [-0.25, -0.2) is 0 Å². The molecule has 1 atom stereocenters. The van der Waals surface area contributed by atoms with Crippen LogP contribution in [-0.4, -0.2) is 43.6 Å². The Morgan fingerprint density at radius 1 is 1.23 bits per heavy atom. The molecular weight excluding hydrogens is 326 g/mol.